The Kier molecular flexibility index (Phi) is 8.59. The minimum Gasteiger partial charge on any atom is -0.481 e. The number of hydrogen-bond acceptors (Lipinski definition) is 9. The molecule has 10 nitrogen and oxygen atoms in total. The van der Waals surface area contributed by atoms with Crippen molar-refractivity contribution in [1.82, 2.24) is 0 Å². The molecule has 10 heteroatoms. The topological polar surface area (TPSA) is 149 Å². The van der Waals surface area contributed by atoms with Gasteiger partial charge in [0.15, 0.2) is 12.4 Å². The maximum atomic E-state index is 13.7. The van der Waals surface area contributed by atoms with E-state index < -0.39 is 65.0 Å². The van der Waals surface area contributed by atoms with E-state index in [0.29, 0.717) is 19.3 Å². The van der Waals surface area contributed by atoms with E-state index in [-0.39, 0.29) is 36.2 Å². The van der Waals surface area contributed by atoms with E-state index in [4.69, 9.17) is 18.9 Å². The Labute approximate surface area is 253 Å². The van der Waals surface area contributed by atoms with Gasteiger partial charge in [0.2, 0.25) is 0 Å². The lowest BCUT2D eigenvalue weighted by atomic mass is 9.43. The van der Waals surface area contributed by atoms with Gasteiger partial charge < -0.3 is 39.1 Å². The highest BCUT2D eigenvalue weighted by molar-refractivity contribution is 5.90. The second-order valence-electron chi connectivity index (χ2n) is 13.6. The van der Waals surface area contributed by atoms with Gasteiger partial charge in [-0.1, -0.05) is 50.6 Å². The third-order valence-corrected chi connectivity index (χ3v) is 11.6. The van der Waals surface area contributed by atoms with Crippen LogP contribution in [0.15, 0.2) is 36.0 Å². The molecule has 3 N–H and O–H groups in total. The number of carbonyl (C=O) groups is 3. The molecule has 0 spiro atoms. The largest absolute Gasteiger partial charge is 0.481 e. The van der Waals surface area contributed by atoms with Crippen LogP contribution < -0.4 is 0 Å². The van der Waals surface area contributed by atoms with Gasteiger partial charge in [-0.3, -0.25) is 4.79 Å². The molecule has 0 amide bonds. The molecule has 4 bridgehead atoms. The van der Waals surface area contributed by atoms with Gasteiger partial charge in [0.1, 0.15) is 23.9 Å². The molecule has 43 heavy (non-hydrogen) atoms. The van der Waals surface area contributed by atoms with Crippen molar-refractivity contribution in [3.8, 4) is 0 Å². The van der Waals surface area contributed by atoms with Crippen LogP contribution in [0, 0.1) is 45.8 Å². The average molecular weight is 603 g/mol. The van der Waals surface area contributed by atoms with Gasteiger partial charge in [-0.25, -0.2) is 4.79 Å². The van der Waals surface area contributed by atoms with Crippen LogP contribution in [0.2, 0.25) is 0 Å². The lowest BCUT2D eigenvalue weighted by Gasteiger charge is -2.58. The number of aliphatic carboxylic acids is 1. The summed E-state index contributed by atoms with van der Waals surface area (Å²) in [6.07, 6.45) is 4.59. The van der Waals surface area contributed by atoms with Crippen LogP contribution in [0.5, 0.6) is 0 Å². The summed E-state index contributed by atoms with van der Waals surface area (Å²) >= 11 is 0. The van der Waals surface area contributed by atoms with Crippen molar-refractivity contribution in [3.63, 3.8) is 0 Å². The Morgan fingerprint density at radius 1 is 1.16 bits per heavy atom. The zero-order chi connectivity index (χ0) is 31.5. The van der Waals surface area contributed by atoms with Crippen LogP contribution in [-0.2, 0) is 33.3 Å². The number of methoxy groups -OCH3 is 1. The molecule has 0 radical (unpaired) electrons. The standard InChI is InChI=1S/C33H46O10/c1-7-8-9-10-25(36)43-28-26(37)29(42-19(5)27(28)40-6)41-16-32-14-21-18(4)24(35)12-23(21)31(15-34)13-20(32)11-22(17(2)3)33(31,32)30(38)39/h7-11,15,17-21,23-24,26-29,35,37H,12-14,16H2,1-6H3,(H,38,39). The van der Waals surface area contributed by atoms with Crippen molar-refractivity contribution < 1.29 is 48.7 Å². The van der Waals surface area contributed by atoms with Crippen LogP contribution in [0.3, 0.4) is 0 Å². The lowest BCUT2D eigenvalue weighted by molar-refractivity contribution is -0.308. The zero-order valence-corrected chi connectivity index (χ0v) is 25.8. The van der Waals surface area contributed by atoms with E-state index in [1.54, 1.807) is 19.1 Å². The SMILES string of the molecule is CC=CC=CC(=O)OC1C(O)C(OCC23CC4C(C)C(O)CC4C4(C=O)CC2C=C(C(C)C)C43C(=O)O)OC(C)C1OC. The average Bonchev–Trinajstić information content (AvgIpc) is 3.48. The quantitative estimate of drug-likeness (QED) is 0.112. The van der Waals surface area contributed by atoms with Crippen molar-refractivity contribution in [3.05, 3.63) is 36.0 Å². The molecule has 1 heterocycles. The Bertz CT molecular complexity index is 1210. The minimum absolute atomic E-state index is 0.0622. The number of aldehydes is 1. The molecule has 0 aromatic carbocycles. The van der Waals surface area contributed by atoms with Crippen LogP contribution in [0.25, 0.3) is 0 Å². The summed E-state index contributed by atoms with van der Waals surface area (Å²) < 4.78 is 23.6. The number of fused-ring (bicyclic) bond motifs is 2. The normalized spacial score (nSPS) is 46.9. The molecule has 1 aliphatic heterocycles. The Morgan fingerprint density at radius 3 is 2.49 bits per heavy atom. The zero-order valence-electron chi connectivity index (χ0n) is 25.8. The predicted molar refractivity (Wildman–Crippen MR) is 154 cm³/mol. The number of carboxylic acid groups (broad SMARTS) is 1. The van der Waals surface area contributed by atoms with Gasteiger partial charge in [-0.05, 0) is 62.7 Å². The van der Waals surface area contributed by atoms with Crippen LogP contribution >= 0.6 is 0 Å². The first-order valence-corrected chi connectivity index (χ1v) is 15.4. The molecule has 0 aromatic rings. The summed E-state index contributed by atoms with van der Waals surface area (Å²) in [5.74, 6) is -2.50. The minimum atomic E-state index is -1.52. The summed E-state index contributed by atoms with van der Waals surface area (Å²) in [4.78, 5) is 39.5. The number of aliphatic hydroxyl groups excluding tert-OH is 2. The van der Waals surface area contributed by atoms with Gasteiger partial charge >= 0.3 is 11.9 Å². The van der Waals surface area contributed by atoms with Crippen molar-refractivity contribution in [1.29, 1.82) is 0 Å². The van der Waals surface area contributed by atoms with Crippen LogP contribution in [-0.4, -0.2) is 84.1 Å². The van der Waals surface area contributed by atoms with Crippen LogP contribution in [0.4, 0.5) is 0 Å². The van der Waals surface area contributed by atoms with Crippen molar-refractivity contribution >= 4 is 18.2 Å². The first-order chi connectivity index (χ1) is 20.4. The third kappa shape index (κ3) is 4.35. The molecule has 13 atom stereocenters. The number of carbonyl (C=O) groups excluding carboxylic acids is 2. The number of allylic oxidation sites excluding steroid dienone is 4. The first kappa shape index (κ1) is 32.0. The fraction of sp³-hybridized carbons (Fsp3) is 0.727. The maximum absolute atomic E-state index is 13.7. The van der Waals surface area contributed by atoms with Crippen LogP contribution in [0.1, 0.15) is 53.9 Å². The second kappa shape index (κ2) is 11.5. The van der Waals surface area contributed by atoms with Gasteiger partial charge in [-0.15, -0.1) is 0 Å². The second-order valence-corrected chi connectivity index (χ2v) is 13.6. The third-order valence-electron chi connectivity index (χ3n) is 11.6. The fourth-order valence-electron chi connectivity index (χ4n) is 9.84. The van der Waals surface area contributed by atoms with Gasteiger partial charge in [0, 0.05) is 18.6 Å². The van der Waals surface area contributed by atoms with E-state index in [1.165, 1.54) is 19.3 Å². The molecule has 0 aromatic heterocycles. The molecule has 238 valence electrons. The number of esters is 1. The highest BCUT2D eigenvalue weighted by Crippen LogP contribution is 2.82. The predicted octanol–water partition coefficient (Wildman–Crippen LogP) is 3.06. The smallest absolute Gasteiger partial charge is 0.331 e. The van der Waals surface area contributed by atoms with Crippen molar-refractivity contribution in [2.45, 2.75) is 90.7 Å². The summed E-state index contributed by atoms with van der Waals surface area (Å²) in [7, 11) is 1.44. The number of ether oxygens (including phenoxy) is 4. The molecule has 5 rings (SSSR count). The molecule has 4 aliphatic carbocycles. The molecular weight excluding hydrogens is 556 g/mol. The summed E-state index contributed by atoms with van der Waals surface area (Å²) in [5.41, 5.74) is -2.97. The molecule has 13 unspecified atom stereocenters. The number of hydrogen-bond donors (Lipinski definition) is 3. The summed E-state index contributed by atoms with van der Waals surface area (Å²) in [6, 6.07) is 0. The highest BCUT2D eigenvalue weighted by atomic mass is 16.7. The van der Waals surface area contributed by atoms with Gasteiger partial charge in [-0.2, -0.15) is 0 Å². The van der Waals surface area contributed by atoms with E-state index in [2.05, 4.69) is 6.08 Å². The molecular formula is C33H46O10. The Balaban J connectivity index is 1.50. The van der Waals surface area contributed by atoms with Crippen molar-refractivity contribution in [2.75, 3.05) is 13.7 Å². The summed E-state index contributed by atoms with van der Waals surface area (Å²) in [6.45, 7) is 9.33. The number of carboxylic acids is 1. The van der Waals surface area contributed by atoms with Gasteiger partial charge in [0.25, 0.3) is 0 Å². The molecule has 5 aliphatic rings. The Hall–Kier alpha value is -2.37. The van der Waals surface area contributed by atoms with E-state index in [9.17, 15) is 29.7 Å². The van der Waals surface area contributed by atoms with E-state index in [1.807, 2.05) is 27.7 Å². The first-order valence-electron chi connectivity index (χ1n) is 15.4. The maximum Gasteiger partial charge on any atom is 0.331 e. The Morgan fingerprint density at radius 2 is 1.88 bits per heavy atom. The van der Waals surface area contributed by atoms with E-state index >= 15 is 0 Å². The molecule has 4 fully saturated rings. The highest BCUT2D eigenvalue weighted by Gasteiger charge is 2.84. The van der Waals surface area contributed by atoms with Crippen molar-refractivity contribution in [2.24, 2.45) is 45.8 Å². The lowest BCUT2D eigenvalue weighted by Crippen LogP contribution is -2.64. The fourth-order valence-corrected chi connectivity index (χ4v) is 9.84. The molecule has 1 saturated heterocycles. The van der Waals surface area contributed by atoms with Gasteiger partial charge in [0.05, 0.1) is 24.2 Å². The van der Waals surface area contributed by atoms with E-state index in [0.717, 1.165) is 11.9 Å². The molecule has 3 saturated carbocycles. The number of rotatable bonds is 10. The summed E-state index contributed by atoms with van der Waals surface area (Å²) in [5, 5.41) is 33.5. The number of aliphatic hydroxyl groups is 2. The monoisotopic (exact) mass is 602 g/mol.